The average Bonchev–Trinajstić information content (AvgIpc) is 2.31. The number of nitrogen functional groups attached to an aromatic ring is 1. The highest BCUT2D eigenvalue weighted by Gasteiger charge is 2.30. The van der Waals surface area contributed by atoms with E-state index in [9.17, 15) is 17.6 Å². The molecule has 7 heteroatoms. The molecular formula is C12H9F4N3. The molecule has 1 heterocycles. The predicted molar refractivity (Wildman–Crippen MR) is 61.6 cm³/mol. The summed E-state index contributed by atoms with van der Waals surface area (Å²) in [6.07, 6.45) is -3.55. The number of hydrogen-bond donors (Lipinski definition) is 1. The van der Waals surface area contributed by atoms with Crippen molar-refractivity contribution in [3.05, 3.63) is 41.3 Å². The van der Waals surface area contributed by atoms with Gasteiger partial charge in [-0.3, -0.25) is 0 Å². The van der Waals surface area contributed by atoms with Gasteiger partial charge in [0.15, 0.2) is 5.82 Å². The van der Waals surface area contributed by atoms with E-state index >= 15 is 0 Å². The lowest BCUT2D eigenvalue weighted by Gasteiger charge is -2.11. The van der Waals surface area contributed by atoms with Gasteiger partial charge < -0.3 is 5.73 Å². The third-order valence-corrected chi connectivity index (χ3v) is 2.57. The maximum atomic E-state index is 13.6. The molecule has 2 aromatic rings. The van der Waals surface area contributed by atoms with Gasteiger partial charge in [0, 0.05) is 5.56 Å². The molecule has 0 fully saturated rings. The van der Waals surface area contributed by atoms with Crippen LogP contribution in [0, 0.1) is 12.7 Å². The van der Waals surface area contributed by atoms with Crippen LogP contribution >= 0.6 is 0 Å². The van der Waals surface area contributed by atoms with Gasteiger partial charge in [-0.25, -0.2) is 14.4 Å². The molecule has 0 aliphatic rings. The van der Waals surface area contributed by atoms with E-state index in [1.54, 1.807) is 0 Å². The largest absolute Gasteiger partial charge is 0.416 e. The van der Waals surface area contributed by atoms with Gasteiger partial charge >= 0.3 is 6.18 Å². The molecule has 3 nitrogen and oxygen atoms in total. The van der Waals surface area contributed by atoms with E-state index < -0.39 is 17.6 Å². The number of aromatic nitrogens is 2. The predicted octanol–water partition coefficient (Wildman–Crippen LogP) is 3.19. The molecule has 100 valence electrons. The van der Waals surface area contributed by atoms with Gasteiger partial charge in [0.1, 0.15) is 5.69 Å². The van der Waals surface area contributed by atoms with Crippen LogP contribution in [0.3, 0.4) is 0 Å². The van der Waals surface area contributed by atoms with Crippen LogP contribution in [0.5, 0.6) is 0 Å². The number of anilines is 1. The number of nitrogens with zero attached hydrogens (tertiary/aromatic N) is 2. The fraction of sp³-hybridized carbons (Fsp3) is 0.167. The number of benzene rings is 1. The minimum absolute atomic E-state index is 0.112. The molecule has 0 saturated carbocycles. The first-order chi connectivity index (χ1) is 8.79. The summed E-state index contributed by atoms with van der Waals surface area (Å²) in [5.41, 5.74) is 4.94. The quantitative estimate of drug-likeness (QED) is 0.810. The molecule has 0 radical (unpaired) electrons. The Morgan fingerprint density at radius 2 is 1.89 bits per heavy atom. The minimum atomic E-state index is -4.44. The van der Waals surface area contributed by atoms with Crippen molar-refractivity contribution in [1.82, 2.24) is 9.97 Å². The van der Waals surface area contributed by atoms with Crippen LogP contribution in [0.15, 0.2) is 24.4 Å². The number of hydrogen-bond acceptors (Lipinski definition) is 3. The SMILES string of the molecule is Cc1cc(C(F)(F)F)ccc1-c1nc(N)ncc1F. The summed E-state index contributed by atoms with van der Waals surface area (Å²) in [6.45, 7) is 1.45. The number of alkyl halides is 3. The highest BCUT2D eigenvalue weighted by atomic mass is 19.4. The second-order valence-electron chi connectivity index (χ2n) is 3.95. The minimum Gasteiger partial charge on any atom is -0.368 e. The van der Waals surface area contributed by atoms with Crippen LogP contribution in [-0.2, 0) is 6.18 Å². The van der Waals surface area contributed by atoms with Crippen LogP contribution in [0.4, 0.5) is 23.5 Å². The molecule has 0 spiro atoms. The topological polar surface area (TPSA) is 51.8 Å². The van der Waals surface area contributed by atoms with Crippen LogP contribution in [0.2, 0.25) is 0 Å². The Hall–Kier alpha value is -2.18. The van der Waals surface area contributed by atoms with Crippen molar-refractivity contribution in [3.8, 4) is 11.3 Å². The maximum absolute atomic E-state index is 13.6. The molecule has 0 saturated heterocycles. The average molecular weight is 271 g/mol. The fourth-order valence-corrected chi connectivity index (χ4v) is 1.68. The van der Waals surface area contributed by atoms with Crippen LogP contribution in [0.25, 0.3) is 11.3 Å². The van der Waals surface area contributed by atoms with Gasteiger partial charge in [-0.05, 0) is 24.6 Å². The lowest BCUT2D eigenvalue weighted by molar-refractivity contribution is -0.137. The lowest BCUT2D eigenvalue weighted by Crippen LogP contribution is -2.06. The van der Waals surface area contributed by atoms with E-state index in [2.05, 4.69) is 9.97 Å². The Kier molecular flexibility index (Phi) is 3.13. The van der Waals surface area contributed by atoms with Crippen molar-refractivity contribution < 1.29 is 17.6 Å². The second-order valence-corrected chi connectivity index (χ2v) is 3.95. The molecule has 0 unspecified atom stereocenters. The lowest BCUT2D eigenvalue weighted by atomic mass is 10.0. The van der Waals surface area contributed by atoms with Crippen LogP contribution in [-0.4, -0.2) is 9.97 Å². The third-order valence-electron chi connectivity index (χ3n) is 2.57. The van der Waals surface area contributed by atoms with Crippen molar-refractivity contribution in [1.29, 1.82) is 0 Å². The summed E-state index contributed by atoms with van der Waals surface area (Å²) in [6, 6.07) is 2.98. The van der Waals surface area contributed by atoms with Crippen molar-refractivity contribution in [2.45, 2.75) is 13.1 Å². The summed E-state index contributed by atoms with van der Waals surface area (Å²) >= 11 is 0. The van der Waals surface area contributed by atoms with Gasteiger partial charge in [0.25, 0.3) is 0 Å². The van der Waals surface area contributed by atoms with Crippen molar-refractivity contribution in [3.63, 3.8) is 0 Å². The number of nitrogens with two attached hydrogens (primary N) is 1. The molecule has 19 heavy (non-hydrogen) atoms. The fourth-order valence-electron chi connectivity index (χ4n) is 1.68. The molecule has 1 aromatic heterocycles. The van der Waals surface area contributed by atoms with Crippen LogP contribution < -0.4 is 5.73 Å². The Morgan fingerprint density at radius 3 is 2.47 bits per heavy atom. The first-order valence-electron chi connectivity index (χ1n) is 5.25. The van der Waals surface area contributed by atoms with Crippen molar-refractivity contribution in [2.24, 2.45) is 0 Å². The van der Waals surface area contributed by atoms with Gasteiger partial charge in [-0.2, -0.15) is 13.2 Å². The molecule has 0 aliphatic carbocycles. The van der Waals surface area contributed by atoms with Gasteiger partial charge in [-0.1, -0.05) is 6.07 Å². The van der Waals surface area contributed by atoms with E-state index in [0.29, 0.717) is 0 Å². The summed E-state index contributed by atoms with van der Waals surface area (Å²) in [4.78, 5) is 7.17. The number of aryl methyl sites for hydroxylation is 1. The van der Waals surface area contributed by atoms with Gasteiger partial charge in [0.05, 0.1) is 11.8 Å². The molecule has 0 atom stereocenters. The standard InChI is InChI=1S/C12H9F4N3/c1-6-4-7(12(14,15)16)2-3-8(6)10-9(13)5-18-11(17)19-10/h2-5H,1H3,(H2,17,18,19). The number of rotatable bonds is 1. The Balaban J connectivity index is 2.55. The zero-order valence-electron chi connectivity index (χ0n) is 9.79. The van der Waals surface area contributed by atoms with Gasteiger partial charge in [-0.15, -0.1) is 0 Å². The first kappa shape index (κ1) is 13.3. The number of halogens is 4. The maximum Gasteiger partial charge on any atom is 0.416 e. The van der Waals surface area contributed by atoms with Crippen LogP contribution in [0.1, 0.15) is 11.1 Å². The second kappa shape index (κ2) is 4.49. The highest BCUT2D eigenvalue weighted by Crippen LogP contribution is 2.33. The van der Waals surface area contributed by atoms with E-state index in [1.807, 2.05) is 0 Å². The smallest absolute Gasteiger partial charge is 0.368 e. The molecule has 2 N–H and O–H groups in total. The summed E-state index contributed by atoms with van der Waals surface area (Å²) < 4.78 is 51.1. The van der Waals surface area contributed by atoms with Crippen molar-refractivity contribution in [2.75, 3.05) is 5.73 Å². The molecular weight excluding hydrogens is 262 g/mol. The summed E-state index contributed by atoms with van der Waals surface area (Å²) in [5.74, 6) is -0.882. The Morgan fingerprint density at radius 1 is 1.21 bits per heavy atom. The third kappa shape index (κ3) is 2.64. The summed E-state index contributed by atoms with van der Waals surface area (Å²) in [7, 11) is 0. The van der Waals surface area contributed by atoms with E-state index in [4.69, 9.17) is 5.73 Å². The van der Waals surface area contributed by atoms with Gasteiger partial charge in [0.2, 0.25) is 5.95 Å². The van der Waals surface area contributed by atoms with E-state index in [-0.39, 0.29) is 22.8 Å². The zero-order chi connectivity index (χ0) is 14.2. The van der Waals surface area contributed by atoms with E-state index in [1.165, 1.54) is 13.0 Å². The Labute approximate surface area is 106 Å². The zero-order valence-corrected chi connectivity index (χ0v) is 9.79. The molecule has 0 aliphatic heterocycles. The monoisotopic (exact) mass is 271 g/mol. The van der Waals surface area contributed by atoms with Crippen molar-refractivity contribution >= 4 is 5.95 Å². The molecule has 0 bridgehead atoms. The summed E-state index contributed by atoms with van der Waals surface area (Å²) in [5, 5.41) is 0. The molecule has 2 rings (SSSR count). The highest BCUT2D eigenvalue weighted by molar-refractivity contribution is 5.65. The Bertz CT molecular complexity index is 623. The normalized spacial score (nSPS) is 11.6. The first-order valence-corrected chi connectivity index (χ1v) is 5.25. The molecule has 1 aromatic carbocycles. The molecule has 0 amide bonds. The van der Waals surface area contributed by atoms with E-state index in [0.717, 1.165) is 18.3 Å².